The molecule has 0 radical (unpaired) electrons. The van der Waals surface area contributed by atoms with E-state index in [9.17, 15) is 14.7 Å². The van der Waals surface area contributed by atoms with Crippen molar-refractivity contribution < 1.29 is 19.4 Å². The van der Waals surface area contributed by atoms with Crippen molar-refractivity contribution in [2.45, 2.75) is 31.8 Å². The van der Waals surface area contributed by atoms with E-state index in [0.29, 0.717) is 13.0 Å². The summed E-state index contributed by atoms with van der Waals surface area (Å²) < 4.78 is 5.77. The maximum Gasteiger partial charge on any atom is 0.411 e. The number of phenols is 1. The topological polar surface area (TPSA) is 90.9 Å². The van der Waals surface area contributed by atoms with Crippen molar-refractivity contribution in [1.82, 2.24) is 10.2 Å². The SMILES string of the molecule is O=C(Nc1ccccc1-c1ccccc1)OC1CCN(CCc2ccc(CCNC(=O)c3cc(Cl)cc(Cl)c3O)cc2)CC1. The van der Waals surface area contributed by atoms with Crippen LogP contribution in [0.5, 0.6) is 5.75 Å². The van der Waals surface area contributed by atoms with Crippen LogP contribution in [0.15, 0.2) is 91.0 Å². The second-order valence-electron chi connectivity index (χ2n) is 10.8. The van der Waals surface area contributed by atoms with Crippen molar-refractivity contribution in [3.05, 3.63) is 118 Å². The molecule has 0 unspecified atom stereocenters. The molecule has 1 fully saturated rings. The van der Waals surface area contributed by atoms with E-state index < -0.39 is 12.0 Å². The molecule has 0 spiro atoms. The molecule has 9 heteroatoms. The Morgan fingerprint density at radius 2 is 1.52 bits per heavy atom. The number of nitrogens with one attached hydrogen (secondary N) is 2. The first-order valence-corrected chi connectivity index (χ1v) is 15.5. The van der Waals surface area contributed by atoms with Gasteiger partial charge in [0.1, 0.15) is 11.9 Å². The summed E-state index contributed by atoms with van der Waals surface area (Å²) >= 11 is 11.9. The van der Waals surface area contributed by atoms with Crippen molar-refractivity contribution in [2.24, 2.45) is 0 Å². The number of aromatic hydroxyl groups is 1. The number of ether oxygens (including phenoxy) is 1. The van der Waals surface area contributed by atoms with E-state index in [1.54, 1.807) is 0 Å². The lowest BCUT2D eigenvalue weighted by Gasteiger charge is -2.31. The lowest BCUT2D eigenvalue weighted by molar-refractivity contribution is 0.0593. The number of likely N-dealkylation sites (tertiary alicyclic amines) is 1. The molecule has 3 N–H and O–H groups in total. The number of rotatable bonds is 10. The first-order valence-electron chi connectivity index (χ1n) is 14.7. The normalized spacial score (nSPS) is 13.8. The molecule has 0 bridgehead atoms. The van der Waals surface area contributed by atoms with Crippen LogP contribution in [0, 0.1) is 0 Å². The summed E-state index contributed by atoms with van der Waals surface area (Å²) in [5, 5.41) is 16.1. The molecular formula is C35H35Cl2N3O4. The second kappa shape index (κ2) is 15.1. The molecule has 0 aromatic heterocycles. The molecule has 0 aliphatic carbocycles. The molecule has 1 aliphatic rings. The van der Waals surface area contributed by atoms with Crippen LogP contribution < -0.4 is 10.6 Å². The maximum absolute atomic E-state index is 12.7. The fourth-order valence-corrected chi connectivity index (χ4v) is 5.81. The van der Waals surface area contributed by atoms with Crippen LogP contribution in [-0.2, 0) is 17.6 Å². The first kappa shape index (κ1) is 31.4. The summed E-state index contributed by atoms with van der Waals surface area (Å²) in [5.41, 5.74) is 5.13. The molecule has 4 aromatic carbocycles. The summed E-state index contributed by atoms with van der Waals surface area (Å²) in [7, 11) is 0. The number of para-hydroxylation sites is 1. The number of benzene rings is 4. The molecule has 1 saturated heterocycles. The molecule has 4 aromatic rings. The Bertz CT molecular complexity index is 1570. The maximum atomic E-state index is 12.7. The predicted molar refractivity (Wildman–Crippen MR) is 176 cm³/mol. The lowest BCUT2D eigenvalue weighted by atomic mass is 10.0. The van der Waals surface area contributed by atoms with Crippen molar-refractivity contribution in [3.63, 3.8) is 0 Å². The summed E-state index contributed by atoms with van der Waals surface area (Å²) in [6.07, 6.45) is 2.66. The number of phenolic OH excluding ortho intramolecular Hbond substituents is 1. The Morgan fingerprint density at radius 1 is 0.864 bits per heavy atom. The lowest BCUT2D eigenvalue weighted by Crippen LogP contribution is -2.39. The number of amides is 2. The van der Waals surface area contributed by atoms with E-state index >= 15 is 0 Å². The highest BCUT2D eigenvalue weighted by Gasteiger charge is 2.23. The summed E-state index contributed by atoms with van der Waals surface area (Å²) in [6, 6.07) is 28.9. The van der Waals surface area contributed by atoms with Gasteiger partial charge in [-0.15, -0.1) is 0 Å². The van der Waals surface area contributed by atoms with Crippen LogP contribution in [0.2, 0.25) is 10.0 Å². The van der Waals surface area contributed by atoms with Crippen molar-refractivity contribution >= 4 is 40.9 Å². The van der Waals surface area contributed by atoms with Gasteiger partial charge in [0.05, 0.1) is 16.3 Å². The Balaban J connectivity index is 1.01. The van der Waals surface area contributed by atoms with Gasteiger partial charge in [-0.25, -0.2) is 4.79 Å². The minimum atomic E-state index is -0.424. The number of carbonyl (C=O) groups is 2. The molecule has 0 saturated carbocycles. The van der Waals surface area contributed by atoms with Crippen LogP contribution >= 0.6 is 23.2 Å². The van der Waals surface area contributed by atoms with Gasteiger partial charge >= 0.3 is 6.09 Å². The Hall–Kier alpha value is -4.04. The summed E-state index contributed by atoms with van der Waals surface area (Å²) in [4.78, 5) is 27.5. The van der Waals surface area contributed by atoms with E-state index in [4.69, 9.17) is 27.9 Å². The Labute approximate surface area is 267 Å². The van der Waals surface area contributed by atoms with Gasteiger partial charge in [0.2, 0.25) is 0 Å². The van der Waals surface area contributed by atoms with Crippen molar-refractivity contribution in [3.8, 4) is 16.9 Å². The van der Waals surface area contributed by atoms with Crippen LogP contribution in [0.1, 0.15) is 34.3 Å². The minimum absolute atomic E-state index is 0.0417. The van der Waals surface area contributed by atoms with Gasteiger partial charge in [-0.05, 0) is 60.6 Å². The highest BCUT2D eigenvalue weighted by molar-refractivity contribution is 6.36. The average Bonchev–Trinajstić information content (AvgIpc) is 3.03. The van der Waals surface area contributed by atoms with Crippen LogP contribution in [0.25, 0.3) is 11.1 Å². The number of anilines is 1. The van der Waals surface area contributed by atoms with Gasteiger partial charge in [0.15, 0.2) is 0 Å². The summed E-state index contributed by atoms with van der Waals surface area (Å²) in [5.74, 6) is -0.701. The zero-order valence-corrected chi connectivity index (χ0v) is 25.8. The van der Waals surface area contributed by atoms with Crippen molar-refractivity contribution in [2.75, 3.05) is 31.5 Å². The zero-order chi connectivity index (χ0) is 30.9. The highest BCUT2D eigenvalue weighted by Crippen LogP contribution is 2.31. The molecule has 0 atom stereocenters. The molecule has 1 heterocycles. The summed E-state index contributed by atoms with van der Waals surface area (Å²) in [6.45, 7) is 3.11. The first-order chi connectivity index (χ1) is 21.4. The average molecular weight is 633 g/mol. The van der Waals surface area contributed by atoms with Gasteiger partial charge in [0, 0.05) is 36.8 Å². The van der Waals surface area contributed by atoms with Crippen LogP contribution in [0.3, 0.4) is 0 Å². The van der Waals surface area contributed by atoms with Crippen LogP contribution in [0.4, 0.5) is 10.5 Å². The van der Waals surface area contributed by atoms with Gasteiger partial charge in [-0.3, -0.25) is 10.1 Å². The molecule has 2 amide bonds. The number of hydrogen-bond donors (Lipinski definition) is 3. The fourth-order valence-electron chi connectivity index (χ4n) is 5.32. The van der Waals surface area contributed by atoms with Gasteiger partial charge in [-0.1, -0.05) is 96.0 Å². The molecular weight excluding hydrogens is 597 g/mol. The van der Waals surface area contributed by atoms with E-state index in [0.717, 1.165) is 61.3 Å². The van der Waals surface area contributed by atoms with E-state index in [2.05, 4.69) is 39.8 Å². The van der Waals surface area contributed by atoms with E-state index in [-0.39, 0.29) is 27.5 Å². The van der Waals surface area contributed by atoms with E-state index in [1.807, 2.05) is 54.6 Å². The molecule has 44 heavy (non-hydrogen) atoms. The van der Waals surface area contributed by atoms with Gasteiger partial charge in [0.25, 0.3) is 5.91 Å². The smallest absolute Gasteiger partial charge is 0.411 e. The van der Waals surface area contributed by atoms with Gasteiger partial charge < -0.3 is 20.1 Å². The Kier molecular flexibility index (Phi) is 10.8. The predicted octanol–water partition coefficient (Wildman–Crippen LogP) is 7.59. The number of piperidine rings is 1. The number of carbonyl (C=O) groups excluding carboxylic acids is 2. The Morgan fingerprint density at radius 3 is 2.25 bits per heavy atom. The van der Waals surface area contributed by atoms with Crippen LogP contribution in [-0.4, -0.2) is 54.3 Å². The zero-order valence-electron chi connectivity index (χ0n) is 24.3. The molecule has 228 valence electrons. The highest BCUT2D eigenvalue weighted by atomic mass is 35.5. The molecule has 1 aliphatic heterocycles. The number of nitrogens with zero attached hydrogens (tertiary/aromatic N) is 1. The number of halogens is 2. The molecule has 7 nitrogen and oxygen atoms in total. The third-order valence-electron chi connectivity index (χ3n) is 7.77. The third kappa shape index (κ3) is 8.53. The standard InChI is InChI=1S/C35H35Cl2N3O4/c36-27-22-30(33(41)31(37)23-27)34(42)38-18-14-24-10-12-25(13-11-24)15-19-40-20-16-28(17-21-40)44-35(43)39-32-9-5-4-8-29(32)26-6-2-1-3-7-26/h1-13,22-23,28,41H,14-21H2,(H,38,42)(H,39,43). The largest absolute Gasteiger partial charge is 0.506 e. The molecule has 5 rings (SSSR count). The fraction of sp³-hybridized carbons (Fsp3) is 0.257. The third-order valence-corrected chi connectivity index (χ3v) is 8.27. The van der Waals surface area contributed by atoms with E-state index in [1.165, 1.54) is 17.7 Å². The number of hydrogen-bond acceptors (Lipinski definition) is 5. The van der Waals surface area contributed by atoms with Crippen molar-refractivity contribution in [1.29, 1.82) is 0 Å². The second-order valence-corrected chi connectivity index (χ2v) is 11.7. The monoisotopic (exact) mass is 631 g/mol. The minimum Gasteiger partial charge on any atom is -0.506 e. The quantitative estimate of drug-likeness (QED) is 0.168. The van der Waals surface area contributed by atoms with Gasteiger partial charge in [-0.2, -0.15) is 0 Å².